The summed E-state index contributed by atoms with van der Waals surface area (Å²) >= 11 is 0. The minimum absolute atomic E-state index is 0.684. The molecule has 0 heterocycles. The Morgan fingerprint density at radius 1 is 1.14 bits per heavy atom. The van der Waals surface area contributed by atoms with Crippen molar-refractivity contribution in [1.29, 1.82) is 5.26 Å². The van der Waals surface area contributed by atoms with E-state index in [0.717, 1.165) is 18.3 Å². The number of hydrogen-bond donors (Lipinski definition) is 0. The third-order valence-electron chi connectivity index (χ3n) is 4.41. The average Bonchev–Trinajstić information content (AvgIpc) is 2.55. The predicted molar refractivity (Wildman–Crippen MR) is 86.1 cm³/mol. The lowest BCUT2D eigenvalue weighted by Gasteiger charge is -2.28. The Morgan fingerprint density at radius 3 is 2.43 bits per heavy atom. The number of rotatable bonds is 6. The summed E-state index contributed by atoms with van der Waals surface area (Å²) in [6.07, 6.45) is 12.3. The zero-order chi connectivity index (χ0) is 14.9. The van der Waals surface area contributed by atoms with Gasteiger partial charge in [0.1, 0.15) is 5.75 Å². The molecule has 1 aliphatic carbocycles. The molecule has 112 valence electrons. The fraction of sp³-hybridized carbons (Fsp3) is 0.526. The van der Waals surface area contributed by atoms with Crippen LogP contribution in [0.2, 0.25) is 0 Å². The molecule has 0 aromatic heterocycles. The predicted octanol–water partition coefficient (Wildman–Crippen LogP) is 5.10. The van der Waals surface area contributed by atoms with Crippen molar-refractivity contribution in [3.8, 4) is 11.8 Å². The average molecular weight is 283 g/mol. The van der Waals surface area contributed by atoms with Gasteiger partial charge in [-0.1, -0.05) is 25.0 Å². The van der Waals surface area contributed by atoms with Gasteiger partial charge in [-0.05, 0) is 68.7 Å². The first kappa shape index (κ1) is 15.6. The van der Waals surface area contributed by atoms with Crippen molar-refractivity contribution in [1.82, 2.24) is 0 Å². The van der Waals surface area contributed by atoms with Crippen LogP contribution in [0.4, 0.5) is 0 Å². The van der Waals surface area contributed by atoms with E-state index in [2.05, 4.69) is 25.1 Å². The van der Waals surface area contributed by atoms with Gasteiger partial charge in [0.25, 0.3) is 0 Å². The van der Waals surface area contributed by atoms with Crippen molar-refractivity contribution in [2.45, 2.75) is 45.4 Å². The maximum atomic E-state index is 8.77. The molecule has 0 amide bonds. The molecule has 0 bridgehead atoms. The number of ether oxygens (including phenoxy) is 1. The summed E-state index contributed by atoms with van der Waals surface area (Å²) in [4.78, 5) is 0. The number of nitriles is 1. The van der Waals surface area contributed by atoms with Crippen LogP contribution in [-0.2, 0) is 0 Å². The van der Waals surface area contributed by atoms with Crippen LogP contribution in [0.5, 0.6) is 5.75 Å². The largest absolute Gasteiger partial charge is 0.493 e. The van der Waals surface area contributed by atoms with E-state index in [1.165, 1.54) is 38.5 Å². The van der Waals surface area contributed by atoms with E-state index in [1.54, 1.807) is 0 Å². The van der Waals surface area contributed by atoms with Gasteiger partial charge in [0.15, 0.2) is 0 Å². The van der Waals surface area contributed by atoms with Crippen LogP contribution < -0.4 is 4.74 Å². The van der Waals surface area contributed by atoms with Gasteiger partial charge in [-0.3, -0.25) is 0 Å². The van der Waals surface area contributed by atoms with E-state index >= 15 is 0 Å². The molecule has 21 heavy (non-hydrogen) atoms. The van der Waals surface area contributed by atoms with E-state index < -0.39 is 0 Å². The minimum Gasteiger partial charge on any atom is -0.493 e. The number of allylic oxidation sites excluding steroid dienone is 2. The van der Waals surface area contributed by atoms with Crippen molar-refractivity contribution in [3.05, 3.63) is 42.0 Å². The molecule has 1 aliphatic rings. The van der Waals surface area contributed by atoms with E-state index in [4.69, 9.17) is 10.00 Å². The lowest BCUT2D eigenvalue weighted by Crippen LogP contribution is -2.20. The summed E-state index contributed by atoms with van der Waals surface area (Å²) < 4.78 is 5.86. The topological polar surface area (TPSA) is 33.0 Å². The molecule has 1 saturated carbocycles. The van der Waals surface area contributed by atoms with Gasteiger partial charge in [0, 0.05) is 0 Å². The van der Waals surface area contributed by atoms with Crippen molar-refractivity contribution in [2.24, 2.45) is 11.8 Å². The van der Waals surface area contributed by atoms with Crippen molar-refractivity contribution < 1.29 is 4.74 Å². The van der Waals surface area contributed by atoms with Crippen molar-refractivity contribution in [2.75, 3.05) is 6.61 Å². The summed E-state index contributed by atoms with van der Waals surface area (Å²) in [7, 11) is 0. The minimum atomic E-state index is 0.684. The summed E-state index contributed by atoms with van der Waals surface area (Å²) in [6, 6.07) is 9.53. The Hall–Kier alpha value is -1.75. The van der Waals surface area contributed by atoms with E-state index in [0.29, 0.717) is 11.5 Å². The van der Waals surface area contributed by atoms with E-state index in [9.17, 15) is 0 Å². The van der Waals surface area contributed by atoms with Gasteiger partial charge in [-0.25, -0.2) is 0 Å². The van der Waals surface area contributed by atoms with E-state index in [1.807, 2.05) is 24.3 Å². The lowest BCUT2D eigenvalue weighted by molar-refractivity contribution is 0.179. The fourth-order valence-electron chi connectivity index (χ4n) is 3.03. The molecule has 1 aromatic rings. The first-order valence-corrected chi connectivity index (χ1v) is 8.06. The highest BCUT2D eigenvalue weighted by atomic mass is 16.5. The molecule has 0 radical (unpaired) electrons. The molecule has 0 unspecified atom stereocenters. The van der Waals surface area contributed by atoms with E-state index in [-0.39, 0.29) is 0 Å². The smallest absolute Gasteiger partial charge is 0.119 e. The second-order valence-corrected chi connectivity index (χ2v) is 5.98. The van der Waals surface area contributed by atoms with Gasteiger partial charge in [-0.2, -0.15) is 5.26 Å². The molecular weight excluding hydrogens is 258 g/mol. The summed E-state index contributed by atoms with van der Waals surface area (Å²) in [6.45, 7) is 2.91. The maximum absolute atomic E-state index is 8.77. The first-order valence-electron chi connectivity index (χ1n) is 8.06. The van der Waals surface area contributed by atoms with Gasteiger partial charge >= 0.3 is 0 Å². The first-order chi connectivity index (χ1) is 10.3. The molecule has 2 heteroatoms. The molecule has 0 spiro atoms. The molecule has 1 aromatic carbocycles. The molecule has 2 nitrogen and oxygen atoms in total. The highest BCUT2D eigenvalue weighted by molar-refractivity contribution is 5.34. The molecule has 0 saturated heterocycles. The normalized spacial score (nSPS) is 22.1. The van der Waals surface area contributed by atoms with Gasteiger partial charge < -0.3 is 4.74 Å². The molecule has 0 N–H and O–H groups in total. The summed E-state index contributed by atoms with van der Waals surface area (Å²) in [5.74, 6) is 2.48. The quantitative estimate of drug-likeness (QED) is 0.680. The van der Waals surface area contributed by atoms with Gasteiger partial charge in [-0.15, -0.1) is 0 Å². The summed E-state index contributed by atoms with van der Waals surface area (Å²) in [5, 5.41) is 8.77. The van der Waals surface area contributed by atoms with Crippen LogP contribution in [0, 0.1) is 23.2 Å². The maximum Gasteiger partial charge on any atom is 0.119 e. The van der Waals surface area contributed by atoms with Crippen LogP contribution in [0.25, 0.3) is 0 Å². The van der Waals surface area contributed by atoms with Crippen LogP contribution in [0.3, 0.4) is 0 Å². The van der Waals surface area contributed by atoms with Crippen LogP contribution in [0.1, 0.15) is 51.0 Å². The fourth-order valence-corrected chi connectivity index (χ4v) is 3.03. The zero-order valence-corrected chi connectivity index (χ0v) is 12.9. The zero-order valence-electron chi connectivity index (χ0n) is 12.9. The molecule has 0 aliphatic heterocycles. The monoisotopic (exact) mass is 283 g/mol. The SMILES string of the molecule is C/C=C/CCC1CCC(COc2ccc(C#N)cc2)CC1. The van der Waals surface area contributed by atoms with Gasteiger partial charge in [0.2, 0.25) is 0 Å². The third-order valence-corrected chi connectivity index (χ3v) is 4.41. The molecule has 1 fully saturated rings. The number of nitrogens with zero attached hydrogens (tertiary/aromatic N) is 1. The molecular formula is C19H25NO. The van der Waals surface area contributed by atoms with Crippen molar-refractivity contribution in [3.63, 3.8) is 0 Å². The highest BCUT2D eigenvalue weighted by Gasteiger charge is 2.21. The Balaban J connectivity index is 1.67. The van der Waals surface area contributed by atoms with Crippen molar-refractivity contribution >= 4 is 0 Å². The summed E-state index contributed by atoms with van der Waals surface area (Å²) in [5.41, 5.74) is 0.684. The number of hydrogen-bond acceptors (Lipinski definition) is 2. The standard InChI is InChI=1S/C19H25NO/c1-2-3-4-5-16-6-8-18(9-7-16)15-21-19-12-10-17(14-20)11-13-19/h2-3,10-13,16,18H,4-9,15H2,1H3/b3-2+. The van der Waals surface area contributed by atoms with Gasteiger partial charge in [0.05, 0.1) is 18.2 Å². The second kappa shape index (κ2) is 8.52. The Bertz CT molecular complexity index is 475. The lowest BCUT2D eigenvalue weighted by atomic mass is 9.80. The number of benzene rings is 1. The third kappa shape index (κ3) is 5.27. The van der Waals surface area contributed by atoms with Crippen LogP contribution in [0.15, 0.2) is 36.4 Å². The highest BCUT2D eigenvalue weighted by Crippen LogP contribution is 2.32. The Kier molecular flexibility index (Phi) is 6.34. The molecule has 0 atom stereocenters. The van der Waals surface area contributed by atoms with Crippen LogP contribution >= 0.6 is 0 Å². The van der Waals surface area contributed by atoms with Crippen LogP contribution in [-0.4, -0.2) is 6.61 Å². The Morgan fingerprint density at radius 2 is 1.81 bits per heavy atom. The Labute approximate surface area is 128 Å². The second-order valence-electron chi connectivity index (χ2n) is 5.98. The molecule has 2 rings (SSSR count).